The molecule has 0 aliphatic carbocycles. The number of hydrogen-bond donors (Lipinski definition) is 4. The number of rotatable bonds is 5. The van der Waals surface area contributed by atoms with Gasteiger partial charge in [-0.3, -0.25) is 4.57 Å². The van der Waals surface area contributed by atoms with Crippen molar-refractivity contribution in [2.24, 2.45) is 0 Å². The molecule has 1 saturated heterocycles. The summed E-state index contributed by atoms with van der Waals surface area (Å²) in [6.07, 6.45) is -1.44. The fraction of sp³-hybridized carbons (Fsp3) is 0.333. The second kappa shape index (κ2) is 7.49. The van der Waals surface area contributed by atoms with Gasteiger partial charge < -0.3 is 25.4 Å². The Kier molecular flexibility index (Phi) is 4.89. The van der Waals surface area contributed by atoms with Crippen LogP contribution >= 0.6 is 0 Å². The van der Waals surface area contributed by atoms with Crippen LogP contribution in [0.3, 0.4) is 0 Å². The molecule has 1 aromatic carbocycles. The Balaban J connectivity index is 1.59. The Hall–Kier alpha value is -3.10. The largest absolute Gasteiger partial charge is 0.394 e. The van der Waals surface area contributed by atoms with Gasteiger partial charge in [0.25, 0.3) is 0 Å². The lowest BCUT2D eigenvalue weighted by Gasteiger charge is -2.16. The predicted octanol–water partition coefficient (Wildman–Crippen LogP) is -0.0784. The van der Waals surface area contributed by atoms with Crippen LogP contribution in [0.15, 0.2) is 36.9 Å². The first kappa shape index (κ1) is 18.3. The molecular formula is C18H18N6O4. The zero-order valence-corrected chi connectivity index (χ0v) is 14.7. The molecule has 4 atom stereocenters. The van der Waals surface area contributed by atoms with Crippen LogP contribution in [0.25, 0.3) is 11.2 Å². The number of imidazole rings is 1. The number of hydrogen-bond acceptors (Lipinski definition) is 9. The number of aromatic nitrogens is 4. The highest BCUT2D eigenvalue weighted by atomic mass is 16.6. The number of nitriles is 1. The van der Waals surface area contributed by atoms with Gasteiger partial charge in [-0.2, -0.15) is 5.26 Å². The van der Waals surface area contributed by atoms with Gasteiger partial charge in [0, 0.05) is 6.54 Å². The third kappa shape index (κ3) is 3.17. The SMILES string of the molecule is N#Cc1cccc(CNc2ncnc3c2ncn3C2O[C@H](CO)[C@@H](O)[C@H]2O)c1. The van der Waals surface area contributed by atoms with E-state index >= 15 is 0 Å². The lowest BCUT2D eigenvalue weighted by atomic mass is 10.1. The Labute approximate surface area is 159 Å². The molecule has 10 nitrogen and oxygen atoms in total. The van der Waals surface area contributed by atoms with Crippen LogP contribution in [-0.2, 0) is 11.3 Å². The van der Waals surface area contributed by atoms with E-state index in [1.165, 1.54) is 17.2 Å². The number of aliphatic hydroxyl groups is 3. The van der Waals surface area contributed by atoms with Crippen molar-refractivity contribution in [2.45, 2.75) is 31.1 Å². The number of ether oxygens (including phenoxy) is 1. The van der Waals surface area contributed by atoms with Gasteiger partial charge in [-0.1, -0.05) is 12.1 Å². The zero-order chi connectivity index (χ0) is 19.7. The molecule has 1 aliphatic heterocycles. The topological polar surface area (TPSA) is 149 Å². The fourth-order valence-electron chi connectivity index (χ4n) is 3.21. The van der Waals surface area contributed by atoms with Crippen molar-refractivity contribution < 1.29 is 20.1 Å². The van der Waals surface area contributed by atoms with Crippen LogP contribution in [-0.4, -0.2) is 59.8 Å². The van der Waals surface area contributed by atoms with E-state index in [0.29, 0.717) is 29.1 Å². The summed E-state index contributed by atoms with van der Waals surface area (Å²) < 4.78 is 7.05. The van der Waals surface area contributed by atoms with Gasteiger partial charge in [0.2, 0.25) is 0 Å². The van der Waals surface area contributed by atoms with Crippen molar-refractivity contribution in [1.29, 1.82) is 5.26 Å². The summed E-state index contributed by atoms with van der Waals surface area (Å²) in [4.78, 5) is 12.7. The van der Waals surface area contributed by atoms with Crippen LogP contribution < -0.4 is 5.32 Å². The molecule has 1 unspecified atom stereocenters. The molecule has 0 amide bonds. The molecule has 1 fully saturated rings. The standard InChI is InChI=1S/C18H18N6O4/c19-5-10-2-1-3-11(4-10)6-20-16-13-17(22-8-21-16)24(9-23-13)18-15(27)14(26)12(7-25)28-18/h1-4,8-9,12,14-15,18,25-27H,6-7H2,(H,20,21,22)/t12-,14-,15-,18?/m1/s1. The highest BCUT2D eigenvalue weighted by molar-refractivity contribution is 5.82. The molecule has 10 heteroatoms. The molecule has 1 aliphatic rings. The molecule has 3 heterocycles. The summed E-state index contributed by atoms with van der Waals surface area (Å²) in [6, 6.07) is 9.31. The van der Waals surface area contributed by atoms with Gasteiger partial charge in [-0.25, -0.2) is 15.0 Å². The van der Waals surface area contributed by atoms with Crippen molar-refractivity contribution in [3.8, 4) is 6.07 Å². The van der Waals surface area contributed by atoms with E-state index in [1.807, 2.05) is 12.1 Å². The number of anilines is 1. The maximum atomic E-state index is 10.2. The molecule has 2 aromatic heterocycles. The first-order valence-corrected chi connectivity index (χ1v) is 8.65. The van der Waals surface area contributed by atoms with Crippen molar-refractivity contribution in [3.63, 3.8) is 0 Å². The predicted molar refractivity (Wildman–Crippen MR) is 96.8 cm³/mol. The molecule has 3 aromatic rings. The fourth-order valence-corrected chi connectivity index (χ4v) is 3.21. The third-order valence-electron chi connectivity index (χ3n) is 4.67. The van der Waals surface area contributed by atoms with E-state index in [1.54, 1.807) is 12.1 Å². The van der Waals surface area contributed by atoms with Crippen LogP contribution in [0.2, 0.25) is 0 Å². The second-order valence-corrected chi connectivity index (χ2v) is 6.44. The highest BCUT2D eigenvalue weighted by Crippen LogP contribution is 2.32. The smallest absolute Gasteiger partial charge is 0.167 e. The van der Waals surface area contributed by atoms with Crippen LogP contribution in [0, 0.1) is 11.3 Å². The average molecular weight is 382 g/mol. The molecule has 4 N–H and O–H groups in total. The highest BCUT2D eigenvalue weighted by Gasteiger charge is 2.44. The summed E-state index contributed by atoms with van der Waals surface area (Å²) >= 11 is 0. The maximum absolute atomic E-state index is 10.2. The lowest BCUT2D eigenvalue weighted by molar-refractivity contribution is -0.0511. The third-order valence-corrected chi connectivity index (χ3v) is 4.67. The van der Waals surface area contributed by atoms with Gasteiger partial charge in [0.15, 0.2) is 23.2 Å². The zero-order valence-electron chi connectivity index (χ0n) is 14.7. The maximum Gasteiger partial charge on any atom is 0.167 e. The van der Waals surface area contributed by atoms with E-state index in [9.17, 15) is 15.3 Å². The lowest BCUT2D eigenvalue weighted by Crippen LogP contribution is -2.33. The van der Waals surface area contributed by atoms with E-state index in [2.05, 4.69) is 26.3 Å². The number of nitrogens with zero attached hydrogens (tertiary/aromatic N) is 5. The van der Waals surface area contributed by atoms with E-state index in [4.69, 9.17) is 10.00 Å². The molecule has 0 spiro atoms. The van der Waals surface area contributed by atoms with Gasteiger partial charge in [-0.15, -0.1) is 0 Å². The molecule has 0 radical (unpaired) electrons. The van der Waals surface area contributed by atoms with E-state index in [-0.39, 0.29) is 0 Å². The van der Waals surface area contributed by atoms with E-state index in [0.717, 1.165) is 5.56 Å². The van der Waals surface area contributed by atoms with Crippen molar-refractivity contribution >= 4 is 17.0 Å². The van der Waals surface area contributed by atoms with Crippen LogP contribution in [0.4, 0.5) is 5.82 Å². The normalized spacial score (nSPS) is 24.4. The number of benzene rings is 1. The van der Waals surface area contributed by atoms with Gasteiger partial charge in [-0.05, 0) is 17.7 Å². The average Bonchev–Trinajstić information content (AvgIpc) is 3.28. The minimum atomic E-state index is -1.23. The summed E-state index contributed by atoms with van der Waals surface area (Å²) in [5.41, 5.74) is 2.37. The first-order chi connectivity index (χ1) is 13.6. The Bertz CT molecular complexity index is 1030. The van der Waals surface area contributed by atoms with Gasteiger partial charge in [0.05, 0.1) is 24.6 Å². The molecule has 0 saturated carbocycles. The van der Waals surface area contributed by atoms with Gasteiger partial charge >= 0.3 is 0 Å². The number of nitrogens with one attached hydrogen (secondary N) is 1. The second-order valence-electron chi connectivity index (χ2n) is 6.44. The Morgan fingerprint density at radius 2 is 2.07 bits per heavy atom. The Morgan fingerprint density at radius 1 is 1.21 bits per heavy atom. The van der Waals surface area contributed by atoms with Crippen LogP contribution in [0.5, 0.6) is 0 Å². The van der Waals surface area contributed by atoms with E-state index < -0.39 is 31.1 Å². The molecular weight excluding hydrogens is 364 g/mol. The summed E-state index contributed by atoms with van der Waals surface area (Å²) in [5, 5.41) is 41.6. The number of fused-ring (bicyclic) bond motifs is 1. The summed E-state index contributed by atoms with van der Waals surface area (Å²) in [7, 11) is 0. The van der Waals surface area contributed by atoms with Crippen molar-refractivity contribution in [1.82, 2.24) is 19.5 Å². The molecule has 28 heavy (non-hydrogen) atoms. The number of aliphatic hydroxyl groups excluding tert-OH is 3. The summed E-state index contributed by atoms with van der Waals surface area (Å²) in [5.74, 6) is 0.484. The van der Waals surface area contributed by atoms with Gasteiger partial charge in [0.1, 0.15) is 24.6 Å². The van der Waals surface area contributed by atoms with Crippen molar-refractivity contribution in [3.05, 3.63) is 48.0 Å². The molecule has 144 valence electrons. The minimum Gasteiger partial charge on any atom is -0.394 e. The quantitative estimate of drug-likeness (QED) is 0.475. The monoisotopic (exact) mass is 382 g/mol. The molecule has 4 rings (SSSR count). The van der Waals surface area contributed by atoms with Crippen LogP contribution in [0.1, 0.15) is 17.4 Å². The summed E-state index contributed by atoms with van der Waals surface area (Å²) in [6.45, 7) is 0.0211. The Morgan fingerprint density at radius 3 is 2.82 bits per heavy atom. The molecule has 0 bridgehead atoms. The minimum absolute atomic E-state index is 0.412. The first-order valence-electron chi connectivity index (χ1n) is 8.65. The van der Waals surface area contributed by atoms with Crippen molar-refractivity contribution in [2.75, 3.05) is 11.9 Å².